The minimum absolute atomic E-state index is 1.09. The molecule has 18 heavy (non-hydrogen) atoms. The van der Waals surface area contributed by atoms with Crippen molar-refractivity contribution in [1.82, 2.24) is 4.98 Å². The zero-order valence-corrected chi connectivity index (χ0v) is 10.9. The molecule has 0 fully saturated rings. The highest BCUT2D eigenvalue weighted by atomic mass is 32.1. The van der Waals surface area contributed by atoms with E-state index in [1.165, 1.54) is 16.7 Å². The third-order valence-corrected chi connectivity index (χ3v) is 3.87. The summed E-state index contributed by atoms with van der Waals surface area (Å²) >= 11 is 1.69. The number of hydrogen-bond donors (Lipinski definition) is 0. The Kier molecular flexibility index (Phi) is 2.95. The first-order valence-electron chi connectivity index (χ1n) is 5.91. The summed E-state index contributed by atoms with van der Waals surface area (Å²) in [6, 6.07) is 19.0. The molecule has 0 aliphatic rings. The third-order valence-electron chi connectivity index (χ3n) is 2.86. The van der Waals surface area contributed by atoms with Crippen LogP contribution in [0, 0.1) is 6.92 Å². The van der Waals surface area contributed by atoms with Crippen molar-refractivity contribution < 1.29 is 0 Å². The summed E-state index contributed by atoms with van der Waals surface area (Å²) in [7, 11) is 0. The van der Waals surface area contributed by atoms with E-state index in [1.54, 1.807) is 11.3 Å². The van der Waals surface area contributed by atoms with E-state index in [0.717, 1.165) is 10.7 Å². The van der Waals surface area contributed by atoms with Crippen molar-refractivity contribution in [2.24, 2.45) is 0 Å². The van der Waals surface area contributed by atoms with Crippen LogP contribution in [0.3, 0.4) is 0 Å². The lowest BCUT2D eigenvalue weighted by molar-refractivity contribution is 1.27. The topological polar surface area (TPSA) is 12.9 Å². The monoisotopic (exact) mass is 251 g/mol. The summed E-state index contributed by atoms with van der Waals surface area (Å²) in [5.41, 5.74) is 4.77. The van der Waals surface area contributed by atoms with E-state index < -0.39 is 0 Å². The second-order valence-electron chi connectivity index (χ2n) is 4.24. The molecule has 0 saturated heterocycles. The van der Waals surface area contributed by atoms with Gasteiger partial charge in [0.1, 0.15) is 5.01 Å². The highest BCUT2D eigenvalue weighted by Crippen LogP contribution is 2.26. The predicted octanol–water partition coefficient (Wildman–Crippen LogP) is 4.79. The third kappa shape index (κ3) is 2.20. The lowest BCUT2D eigenvalue weighted by Gasteiger charge is -2.02. The average Bonchev–Trinajstić information content (AvgIpc) is 2.87. The second kappa shape index (κ2) is 4.75. The molecular weight excluding hydrogens is 238 g/mol. The van der Waals surface area contributed by atoms with Gasteiger partial charge in [-0.2, -0.15) is 0 Å². The molecule has 0 saturated carbocycles. The van der Waals surface area contributed by atoms with Crippen LogP contribution in [-0.2, 0) is 0 Å². The van der Waals surface area contributed by atoms with E-state index in [1.807, 2.05) is 13.0 Å². The standard InChI is InChI=1S/C16H13NS/c1-12-11-18-16(17-12)15-9-7-14(8-10-15)13-5-3-2-4-6-13/h2-11H,1H3. The SMILES string of the molecule is Cc1csc(-c2ccc(-c3ccccc3)cc2)n1. The van der Waals surface area contributed by atoms with Gasteiger partial charge in [0.2, 0.25) is 0 Å². The normalized spacial score (nSPS) is 10.5. The highest BCUT2D eigenvalue weighted by Gasteiger charge is 2.03. The molecule has 0 N–H and O–H groups in total. The Bertz CT molecular complexity index is 638. The molecule has 0 aliphatic carbocycles. The van der Waals surface area contributed by atoms with Crippen molar-refractivity contribution in [3.63, 3.8) is 0 Å². The maximum atomic E-state index is 4.50. The smallest absolute Gasteiger partial charge is 0.123 e. The molecule has 0 aliphatic heterocycles. The minimum Gasteiger partial charge on any atom is -0.241 e. The largest absolute Gasteiger partial charge is 0.241 e. The molecule has 0 amide bonds. The summed E-state index contributed by atoms with van der Waals surface area (Å²) in [6.07, 6.45) is 0. The van der Waals surface area contributed by atoms with Crippen LogP contribution in [0.25, 0.3) is 21.7 Å². The molecule has 1 aromatic heterocycles. The predicted molar refractivity (Wildman–Crippen MR) is 77.7 cm³/mol. The summed E-state index contributed by atoms with van der Waals surface area (Å²) in [6.45, 7) is 2.03. The van der Waals surface area contributed by atoms with Gasteiger partial charge in [-0.25, -0.2) is 4.98 Å². The number of rotatable bonds is 2. The summed E-state index contributed by atoms with van der Waals surface area (Å²) in [5.74, 6) is 0. The summed E-state index contributed by atoms with van der Waals surface area (Å²) < 4.78 is 0. The summed E-state index contributed by atoms with van der Waals surface area (Å²) in [5, 5.41) is 3.17. The number of hydrogen-bond acceptors (Lipinski definition) is 2. The van der Waals surface area contributed by atoms with Gasteiger partial charge in [-0.05, 0) is 18.1 Å². The van der Waals surface area contributed by atoms with Crippen molar-refractivity contribution in [2.45, 2.75) is 6.92 Å². The fourth-order valence-corrected chi connectivity index (χ4v) is 2.73. The van der Waals surface area contributed by atoms with Crippen LogP contribution in [0.5, 0.6) is 0 Å². The second-order valence-corrected chi connectivity index (χ2v) is 5.10. The molecule has 2 aromatic carbocycles. The number of nitrogens with zero attached hydrogens (tertiary/aromatic N) is 1. The fourth-order valence-electron chi connectivity index (χ4n) is 1.92. The van der Waals surface area contributed by atoms with Gasteiger partial charge in [0.25, 0.3) is 0 Å². The molecule has 1 heterocycles. The molecule has 0 radical (unpaired) electrons. The van der Waals surface area contributed by atoms with E-state index in [9.17, 15) is 0 Å². The number of benzene rings is 2. The van der Waals surface area contributed by atoms with Gasteiger partial charge in [0.15, 0.2) is 0 Å². The quantitative estimate of drug-likeness (QED) is 0.638. The minimum atomic E-state index is 1.09. The molecule has 0 atom stereocenters. The zero-order chi connectivity index (χ0) is 12.4. The number of aromatic nitrogens is 1. The molecule has 3 rings (SSSR count). The van der Waals surface area contributed by atoms with Crippen molar-refractivity contribution in [3.8, 4) is 21.7 Å². The first-order valence-corrected chi connectivity index (χ1v) is 6.79. The van der Waals surface area contributed by atoms with Gasteiger partial charge in [0.05, 0.1) is 0 Å². The first-order chi connectivity index (χ1) is 8.83. The van der Waals surface area contributed by atoms with Crippen LogP contribution < -0.4 is 0 Å². The van der Waals surface area contributed by atoms with Gasteiger partial charge in [0, 0.05) is 16.6 Å². The molecule has 0 spiro atoms. The van der Waals surface area contributed by atoms with E-state index in [0.29, 0.717) is 0 Å². The molecule has 0 bridgehead atoms. The van der Waals surface area contributed by atoms with Crippen LogP contribution in [0.4, 0.5) is 0 Å². The fraction of sp³-hybridized carbons (Fsp3) is 0.0625. The van der Waals surface area contributed by atoms with Crippen molar-refractivity contribution in [1.29, 1.82) is 0 Å². The van der Waals surface area contributed by atoms with Gasteiger partial charge < -0.3 is 0 Å². The molecule has 2 heteroatoms. The van der Waals surface area contributed by atoms with Gasteiger partial charge in [-0.3, -0.25) is 0 Å². The Morgan fingerprint density at radius 1 is 0.778 bits per heavy atom. The van der Waals surface area contributed by atoms with E-state index in [4.69, 9.17) is 0 Å². The van der Waals surface area contributed by atoms with Gasteiger partial charge in [-0.1, -0.05) is 54.6 Å². The Morgan fingerprint density at radius 2 is 1.39 bits per heavy atom. The van der Waals surface area contributed by atoms with E-state index >= 15 is 0 Å². The summed E-state index contributed by atoms with van der Waals surface area (Å²) in [4.78, 5) is 4.50. The van der Waals surface area contributed by atoms with Gasteiger partial charge >= 0.3 is 0 Å². The van der Waals surface area contributed by atoms with Crippen LogP contribution in [-0.4, -0.2) is 4.98 Å². The van der Waals surface area contributed by atoms with Crippen LogP contribution in [0.2, 0.25) is 0 Å². The first kappa shape index (κ1) is 11.2. The van der Waals surface area contributed by atoms with Crippen molar-refractivity contribution in [3.05, 3.63) is 65.7 Å². The van der Waals surface area contributed by atoms with Crippen LogP contribution in [0.15, 0.2) is 60.0 Å². The maximum Gasteiger partial charge on any atom is 0.123 e. The molecule has 0 unspecified atom stereocenters. The van der Waals surface area contributed by atoms with Crippen LogP contribution >= 0.6 is 11.3 Å². The van der Waals surface area contributed by atoms with Crippen molar-refractivity contribution in [2.75, 3.05) is 0 Å². The average molecular weight is 251 g/mol. The lowest BCUT2D eigenvalue weighted by Crippen LogP contribution is -1.79. The highest BCUT2D eigenvalue weighted by molar-refractivity contribution is 7.13. The van der Waals surface area contributed by atoms with Gasteiger partial charge in [-0.15, -0.1) is 11.3 Å². The maximum absolute atomic E-state index is 4.50. The van der Waals surface area contributed by atoms with E-state index in [-0.39, 0.29) is 0 Å². The van der Waals surface area contributed by atoms with Crippen molar-refractivity contribution >= 4 is 11.3 Å². The molecular formula is C16H13NS. The van der Waals surface area contributed by atoms with E-state index in [2.05, 4.69) is 58.9 Å². The Hall–Kier alpha value is -1.93. The lowest BCUT2D eigenvalue weighted by atomic mass is 10.0. The Balaban J connectivity index is 1.94. The number of thiazole rings is 1. The molecule has 88 valence electrons. The molecule has 1 nitrogen and oxygen atoms in total. The zero-order valence-electron chi connectivity index (χ0n) is 10.1. The molecule has 3 aromatic rings. The number of aryl methyl sites for hydroxylation is 1. The Morgan fingerprint density at radius 3 is 2.00 bits per heavy atom. The van der Waals surface area contributed by atoms with Crippen LogP contribution in [0.1, 0.15) is 5.69 Å². The Labute approximate surface area is 111 Å².